The molecule has 0 aromatic carbocycles. The summed E-state index contributed by atoms with van der Waals surface area (Å²) in [5, 5.41) is 13.8. The summed E-state index contributed by atoms with van der Waals surface area (Å²) in [6, 6.07) is 2.41. The van der Waals surface area contributed by atoms with Crippen LogP contribution in [0.15, 0.2) is 0 Å². The normalized spacial score (nSPS) is 30.3. The molecule has 12 nitrogen and oxygen atoms in total. The van der Waals surface area contributed by atoms with Crippen LogP contribution >= 0.6 is 0 Å². The number of fused-ring (bicyclic) bond motifs is 2. The zero-order valence-electron chi connectivity index (χ0n) is 36.9. The Labute approximate surface area is 349 Å². The minimum Gasteiger partial charge on any atom is -0.384 e. The minimum atomic E-state index is 0.772. The third-order valence-electron chi connectivity index (χ3n) is 13.8. The van der Waals surface area contributed by atoms with Crippen LogP contribution in [0.4, 0.5) is 0 Å². The van der Waals surface area contributed by atoms with Gasteiger partial charge < -0.3 is 54.8 Å². The second kappa shape index (κ2) is 29.7. The Bertz CT molecular complexity index is 908. The van der Waals surface area contributed by atoms with Crippen LogP contribution in [0, 0.1) is 23.7 Å². The van der Waals surface area contributed by atoms with Crippen molar-refractivity contribution in [3.8, 4) is 0 Å². The zero-order chi connectivity index (χ0) is 39.6. The highest BCUT2D eigenvalue weighted by atomic mass is 16.5. The van der Waals surface area contributed by atoms with Gasteiger partial charge >= 0.3 is 0 Å². The molecule has 8 heterocycles. The third kappa shape index (κ3) is 20.3. The Morgan fingerprint density at radius 1 is 0.544 bits per heavy atom. The fraction of sp³-hybridized carbons (Fsp3) is 1.00. The van der Waals surface area contributed by atoms with Gasteiger partial charge in [-0.2, -0.15) is 0 Å². The van der Waals surface area contributed by atoms with Gasteiger partial charge in [0.1, 0.15) is 0 Å². The van der Waals surface area contributed by atoms with Gasteiger partial charge in [-0.3, -0.25) is 4.90 Å². The molecule has 4 atom stereocenters. The SMILES string of the molecule is C1CC(COCCN2CCOCC2)CCN1.C1CCN(CCOCC2CCNC2)C1.CN1CCCC1CCOCC1CCNCC1.COCC1CC2CCC(C1)N2. The van der Waals surface area contributed by atoms with Crippen LogP contribution in [0.2, 0.25) is 0 Å². The molecule has 57 heavy (non-hydrogen) atoms. The van der Waals surface area contributed by atoms with E-state index in [1.807, 2.05) is 7.11 Å². The van der Waals surface area contributed by atoms with Crippen LogP contribution in [0.25, 0.3) is 0 Å². The molecule has 8 aliphatic rings. The van der Waals surface area contributed by atoms with Crippen molar-refractivity contribution in [2.45, 2.75) is 108 Å². The molecule has 0 spiro atoms. The van der Waals surface area contributed by atoms with Crippen molar-refractivity contribution in [1.29, 1.82) is 0 Å². The number of nitrogens with one attached hydrogen (secondary N) is 4. The highest BCUT2D eigenvalue weighted by molar-refractivity contribution is 4.91. The number of hydrogen-bond acceptors (Lipinski definition) is 12. The number of nitrogens with zero attached hydrogens (tertiary/aromatic N) is 3. The van der Waals surface area contributed by atoms with Crippen LogP contribution < -0.4 is 21.3 Å². The molecule has 8 saturated heterocycles. The number of morpholine rings is 1. The van der Waals surface area contributed by atoms with E-state index in [0.717, 1.165) is 147 Å². The van der Waals surface area contributed by atoms with Crippen molar-refractivity contribution in [1.82, 2.24) is 36.0 Å². The Hall–Kier alpha value is -0.480. The van der Waals surface area contributed by atoms with E-state index >= 15 is 0 Å². The fourth-order valence-electron chi connectivity index (χ4n) is 10.0. The van der Waals surface area contributed by atoms with E-state index in [2.05, 4.69) is 43.0 Å². The smallest absolute Gasteiger partial charge is 0.0594 e. The van der Waals surface area contributed by atoms with Gasteiger partial charge in [0, 0.05) is 84.4 Å². The molecular formula is C45H89N7O5. The van der Waals surface area contributed by atoms with E-state index in [1.54, 1.807) is 0 Å². The zero-order valence-corrected chi connectivity index (χ0v) is 36.9. The molecule has 8 fully saturated rings. The average molecular weight is 808 g/mol. The summed E-state index contributed by atoms with van der Waals surface area (Å²) >= 11 is 0. The highest BCUT2D eigenvalue weighted by Crippen LogP contribution is 2.30. The largest absolute Gasteiger partial charge is 0.384 e. The first-order valence-corrected chi connectivity index (χ1v) is 24.0. The van der Waals surface area contributed by atoms with Crippen LogP contribution in [0.1, 0.15) is 89.9 Å². The molecule has 0 amide bonds. The Morgan fingerprint density at radius 3 is 1.63 bits per heavy atom. The first kappa shape index (κ1) is 47.6. The van der Waals surface area contributed by atoms with E-state index in [4.69, 9.17) is 23.7 Å². The Kier molecular flexibility index (Phi) is 24.8. The van der Waals surface area contributed by atoms with Gasteiger partial charge in [-0.15, -0.1) is 0 Å². The van der Waals surface area contributed by atoms with Gasteiger partial charge in [0.25, 0.3) is 0 Å². The standard InChI is InChI=1S/C13H26N2O.C12H24N2O2.C11H22N2O.C9H17NO/c1-15-9-2-3-13(15)6-10-16-11-12-4-7-14-8-5-12;1-3-13-4-2-12(1)11-16-10-7-14-5-8-15-9-6-14;1-2-6-13(5-1)7-8-14-10-11-3-4-12-9-11;1-11-6-7-4-8-2-3-9(5-7)10-8/h12-14H,2-11H2,1H3;12-13H,1-11H2;11-12H,1-10H2;7-10H,2-6H2,1H3. The maximum absolute atomic E-state index is 5.83. The van der Waals surface area contributed by atoms with E-state index in [-0.39, 0.29) is 0 Å². The fourth-order valence-corrected chi connectivity index (χ4v) is 10.0. The van der Waals surface area contributed by atoms with Crippen molar-refractivity contribution < 1.29 is 23.7 Å². The molecule has 2 bridgehead atoms. The number of methoxy groups -OCH3 is 1. The third-order valence-corrected chi connectivity index (χ3v) is 13.8. The highest BCUT2D eigenvalue weighted by Gasteiger charge is 2.33. The second-order valence-corrected chi connectivity index (χ2v) is 18.5. The summed E-state index contributed by atoms with van der Waals surface area (Å²) in [7, 11) is 4.05. The van der Waals surface area contributed by atoms with Gasteiger partial charge in [0.2, 0.25) is 0 Å². The quantitative estimate of drug-likeness (QED) is 0.161. The van der Waals surface area contributed by atoms with Crippen molar-refractivity contribution in [2.75, 3.05) is 159 Å². The summed E-state index contributed by atoms with van der Waals surface area (Å²) in [6.07, 6.45) is 18.6. The first-order chi connectivity index (χ1) is 28.1. The maximum Gasteiger partial charge on any atom is 0.0594 e. The minimum absolute atomic E-state index is 0.772. The molecule has 4 unspecified atom stereocenters. The molecule has 12 heteroatoms. The average Bonchev–Trinajstić information content (AvgIpc) is 4.10. The predicted molar refractivity (Wildman–Crippen MR) is 232 cm³/mol. The number of hydrogen-bond donors (Lipinski definition) is 4. The van der Waals surface area contributed by atoms with Crippen LogP contribution in [-0.4, -0.2) is 192 Å². The molecular weight excluding hydrogens is 719 g/mol. The lowest BCUT2D eigenvalue weighted by atomic mass is 9.93. The Morgan fingerprint density at radius 2 is 1.09 bits per heavy atom. The summed E-state index contributed by atoms with van der Waals surface area (Å²) in [5.41, 5.74) is 0. The molecule has 334 valence electrons. The van der Waals surface area contributed by atoms with Crippen molar-refractivity contribution in [3.63, 3.8) is 0 Å². The van der Waals surface area contributed by atoms with Gasteiger partial charge in [-0.1, -0.05) is 0 Å². The molecule has 8 aliphatic heterocycles. The first-order valence-electron chi connectivity index (χ1n) is 24.0. The lowest BCUT2D eigenvalue weighted by molar-refractivity contribution is 0.0141. The topological polar surface area (TPSA) is 104 Å². The number of rotatable bonds is 17. The lowest BCUT2D eigenvalue weighted by Crippen LogP contribution is -2.39. The van der Waals surface area contributed by atoms with Crippen LogP contribution in [-0.2, 0) is 23.7 Å². The summed E-state index contributed by atoms with van der Waals surface area (Å²) in [5.74, 6) is 3.20. The van der Waals surface area contributed by atoms with Crippen molar-refractivity contribution in [2.24, 2.45) is 23.7 Å². The molecule has 4 N–H and O–H groups in total. The molecule has 0 aliphatic carbocycles. The van der Waals surface area contributed by atoms with E-state index < -0.39 is 0 Å². The van der Waals surface area contributed by atoms with Crippen LogP contribution in [0.3, 0.4) is 0 Å². The van der Waals surface area contributed by atoms with E-state index in [0.29, 0.717) is 0 Å². The van der Waals surface area contributed by atoms with E-state index in [1.165, 1.54) is 129 Å². The summed E-state index contributed by atoms with van der Waals surface area (Å²) in [4.78, 5) is 7.41. The number of ether oxygens (including phenoxy) is 5. The van der Waals surface area contributed by atoms with Gasteiger partial charge in [0.15, 0.2) is 0 Å². The summed E-state index contributed by atoms with van der Waals surface area (Å²) < 4.78 is 27.8. The van der Waals surface area contributed by atoms with Crippen LogP contribution in [0.5, 0.6) is 0 Å². The van der Waals surface area contributed by atoms with Gasteiger partial charge in [-0.05, 0) is 173 Å². The van der Waals surface area contributed by atoms with Crippen molar-refractivity contribution >= 4 is 0 Å². The summed E-state index contributed by atoms with van der Waals surface area (Å²) in [6.45, 7) is 23.6. The lowest BCUT2D eigenvalue weighted by Gasteiger charge is -2.28. The molecule has 8 rings (SSSR count). The van der Waals surface area contributed by atoms with Gasteiger partial charge in [-0.25, -0.2) is 0 Å². The number of likely N-dealkylation sites (tertiary alicyclic amines) is 2. The number of piperidine rings is 3. The van der Waals surface area contributed by atoms with Gasteiger partial charge in [0.05, 0.1) is 33.0 Å². The molecule has 0 aromatic heterocycles. The molecule has 0 aromatic rings. The maximum atomic E-state index is 5.83. The monoisotopic (exact) mass is 808 g/mol. The second-order valence-electron chi connectivity index (χ2n) is 18.5. The Balaban J connectivity index is 0.000000146. The molecule has 0 saturated carbocycles. The van der Waals surface area contributed by atoms with E-state index in [9.17, 15) is 0 Å². The predicted octanol–water partition coefficient (Wildman–Crippen LogP) is 3.69. The van der Waals surface area contributed by atoms with Crippen molar-refractivity contribution in [3.05, 3.63) is 0 Å². The molecule has 0 radical (unpaired) electrons.